The zero-order valence-corrected chi connectivity index (χ0v) is 13.3. The molecule has 0 radical (unpaired) electrons. The lowest BCUT2D eigenvalue weighted by Crippen LogP contribution is -1.99. The largest absolute Gasteiger partial charge is 0.323 e. The normalized spacial score (nSPS) is 12.8. The highest BCUT2D eigenvalue weighted by atomic mass is 79.9. The predicted octanol–water partition coefficient (Wildman–Crippen LogP) is 4.24. The van der Waals surface area contributed by atoms with Crippen LogP contribution in [0.4, 0.5) is 4.39 Å². The first-order chi connectivity index (χ1) is 9.56. The van der Waals surface area contributed by atoms with Gasteiger partial charge >= 0.3 is 5.69 Å². The molecule has 6 heteroatoms. The van der Waals surface area contributed by atoms with Crippen LogP contribution in [0.5, 0.6) is 0 Å². The van der Waals surface area contributed by atoms with Crippen molar-refractivity contribution >= 4 is 42.9 Å². The van der Waals surface area contributed by atoms with Crippen molar-refractivity contribution in [2.24, 2.45) is 0 Å². The van der Waals surface area contributed by atoms with Gasteiger partial charge in [-0.3, -0.25) is 0 Å². The third-order valence-corrected chi connectivity index (χ3v) is 4.76. The molecule has 102 valence electrons. The Balaban J connectivity index is 2.16. The number of halogens is 3. The van der Waals surface area contributed by atoms with Crippen LogP contribution in [-0.4, -0.2) is 9.97 Å². The van der Waals surface area contributed by atoms with E-state index in [1.165, 1.54) is 6.07 Å². The summed E-state index contributed by atoms with van der Waals surface area (Å²) in [5, 5.41) is 0. The molecule has 3 rings (SSSR count). The van der Waals surface area contributed by atoms with E-state index in [9.17, 15) is 9.18 Å². The molecular weight excluding hydrogens is 391 g/mol. The van der Waals surface area contributed by atoms with Gasteiger partial charge in [0.25, 0.3) is 0 Å². The maximum absolute atomic E-state index is 13.9. The fraction of sp³-hybridized carbons (Fsp3) is 0.0714. The van der Waals surface area contributed by atoms with Crippen LogP contribution >= 0.6 is 31.9 Å². The van der Waals surface area contributed by atoms with Crippen molar-refractivity contribution in [1.82, 2.24) is 9.97 Å². The highest BCUT2D eigenvalue weighted by molar-refractivity contribution is 9.11. The summed E-state index contributed by atoms with van der Waals surface area (Å²) in [6, 6.07) is 10.2. The number of aromatic amines is 2. The minimum atomic E-state index is -0.305. The third-order valence-electron chi connectivity index (χ3n) is 3.08. The molecule has 0 saturated heterocycles. The molecule has 2 aromatic carbocycles. The van der Waals surface area contributed by atoms with Gasteiger partial charge in [0, 0.05) is 10.0 Å². The molecule has 3 aromatic rings. The maximum atomic E-state index is 13.9. The third kappa shape index (κ3) is 2.33. The number of fused-ring (bicyclic) bond motifs is 1. The lowest BCUT2D eigenvalue weighted by Gasteiger charge is -2.13. The molecule has 0 bridgehead atoms. The van der Waals surface area contributed by atoms with Crippen LogP contribution in [0, 0.1) is 5.82 Å². The maximum Gasteiger partial charge on any atom is 0.323 e. The first-order valence-electron chi connectivity index (χ1n) is 5.86. The van der Waals surface area contributed by atoms with Crippen molar-refractivity contribution in [2.75, 3.05) is 0 Å². The van der Waals surface area contributed by atoms with Crippen LogP contribution in [0.25, 0.3) is 11.0 Å². The second kappa shape index (κ2) is 5.18. The summed E-state index contributed by atoms with van der Waals surface area (Å²) < 4.78 is 14.7. The van der Waals surface area contributed by atoms with E-state index in [2.05, 4.69) is 41.8 Å². The Hall–Kier alpha value is -1.40. The van der Waals surface area contributed by atoms with Gasteiger partial charge in [-0.05, 0) is 23.8 Å². The SMILES string of the molecule is O=c1[nH]c2cc(Br)c(C(Br)c3ccccc3F)cc2[nH]1. The van der Waals surface area contributed by atoms with Crippen LogP contribution in [0.15, 0.2) is 45.7 Å². The summed E-state index contributed by atoms with van der Waals surface area (Å²) in [6.45, 7) is 0. The van der Waals surface area contributed by atoms with E-state index in [1.54, 1.807) is 24.3 Å². The Morgan fingerprint density at radius 2 is 1.70 bits per heavy atom. The number of imidazole rings is 1. The first-order valence-corrected chi connectivity index (χ1v) is 7.57. The van der Waals surface area contributed by atoms with Crippen LogP contribution in [0.3, 0.4) is 0 Å². The summed E-state index contributed by atoms with van der Waals surface area (Å²) in [4.78, 5) is 16.4. The van der Waals surface area contributed by atoms with Crippen LogP contribution in [-0.2, 0) is 0 Å². The number of nitrogens with one attached hydrogen (secondary N) is 2. The van der Waals surface area contributed by atoms with Crippen molar-refractivity contribution < 1.29 is 4.39 Å². The van der Waals surface area contributed by atoms with Crippen molar-refractivity contribution in [3.63, 3.8) is 0 Å². The molecule has 0 aliphatic carbocycles. The average Bonchev–Trinajstić information content (AvgIpc) is 2.76. The Labute approximate surface area is 130 Å². The van der Waals surface area contributed by atoms with Gasteiger partial charge in [-0.1, -0.05) is 50.1 Å². The van der Waals surface area contributed by atoms with Crippen LogP contribution < -0.4 is 5.69 Å². The fourth-order valence-corrected chi connectivity index (χ4v) is 3.74. The highest BCUT2D eigenvalue weighted by Crippen LogP contribution is 2.37. The number of aromatic nitrogens is 2. The van der Waals surface area contributed by atoms with E-state index in [0.29, 0.717) is 16.6 Å². The Morgan fingerprint density at radius 3 is 2.40 bits per heavy atom. The Morgan fingerprint density at radius 1 is 1.05 bits per heavy atom. The summed E-state index contributed by atoms with van der Waals surface area (Å²) in [6.07, 6.45) is 0. The van der Waals surface area contributed by atoms with Gasteiger partial charge in [-0.15, -0.1) is 0 Å². The molecule has 1 aromatic heterocycles. The second-order valence-corrected chi connectivity index (χ2v) is 6.15. The second-order valence-electron chi connectivity index (χ2n) is 4.38. The van der Waals surface area contributed by atoms with E-state index in [4.69, 9.17) is 0 Å². The van der Waals surface area contributed by atoms with Gasteiger partial charge < -0.3 is 9.97 Å². The van der Waals surface area contributed by atoms with Crippen molar-refractivity contribution in [3.8, 4) is 0 Å². The fourth-order valence-electron chi connectivity index (χ4n) is 2.12. The van der Waals surface area contributed by atoms with Gasteiger partial charge in [0.05, 0.1) is 15.9 Å². The summed E-state index contributed by atoms with van der Waals surface area (Å²) in [7, 11) is 0. The molecule has 0 amide bonds. The van der Waals surface area contributed by atoms with E-state index >= 15 is 0 Å². The molecule has 0 spiro atoms. The molecule has 1 atom stereocenters. The molecule has 0 aliphatic rings. The number of rotatable bonds is 2. The van der Waals surface area contributed by atoms with Gasteiger partial charge in [0.1, 0.15) is 5.82 Å². The zero-order chi connectivity index (χ0) is 14.3. The van der Waals surface area contributed by atoms with E-state index in [0.717, 1.165) is 10.0 Å². The molecule has 1 heterocycles. The molecule has 3 nitrogen and oxygen atoms in total. The number of hydrogen-bond donors (Lipinski definition) is 2. The highest BCUT2D eigenvalue weighted by Gasteiger charge is 2.18. The van der Waals surface area contributed by atoms with Gasteiger partial charge in [-0.25, -0.2) is 9.18 Å². The van der Waals surface area contributed by atoms with E-state index in [1.807, 2.05) is 6.07 Å². The minimum Gasteiger partial charge on any atom is -0.306 e. The molecule has 20 heavy (non-hydrogen) atoms. The van der Waals surface area contributed by atoms with Crippen LogP contribution in [0.2, 0.25) is 0 Å². The first kappa shape index (κ1) is 13.6. The van der Waals surface area contributed by atoms with Gasteiger partial charge in [0.15, 0.2) is 0 Å². The lowest BCUT2D eigenvalue weighted by atomic mass is 10.0. The molecule has 0 fully saturated rings. The molecule has 1 unspecified atom stereocenters. The topological polar surface area (TPSA) is 48.6 Å². The van der Waals surface area contributed by atoms with Crippen molar-refractivity contribution in [3.05, 3.63) is 68.3 Å². The summed E-state index contributed by atoms with van der Waals surface area (Å²) in [5.74, 6) is -0.274. The van der Waals surface area contributed by atoms with E-state index in [-0.39, 0.29) is 16.3 Å². The van der Waals surface area contributed by atoms with Crippen LogP contribution in [0.1, 0.15) is 16.0 Å². The molecule has 0 saturated carbocycles. The number of hydrogen-bond acceptors (Lipinski definition) is 1. The lowest BCUT2D eigenvalue weighted by molar-refractivity contribution is 0.613. The summed E-state index contributed by atoms with van der Waals surface area (Å²) in [5.41, 5.74) is 2.53. The molecule has 0 aliphatic heterocycles. The zero-order valence-electron chi connectivity index (χ0n) is 10.1. The minimum absolute atomic E-state index is 0.263. The van der Waals surface area contributed by atoms with E-state index < -0.39 is 0 Å². The molecule has 2 N–H and O–H groups in total. The number of alkyl halides is 1. The van der Waals surface area contributed by atoms with Gasteiger partial charge in [0.2, 0.25) is 0 Å². The number of benzene rings is 2. The molecular formula is C14H9Br2FN2O. The van der Waals surface area contributed by atoms with Crippen molar-refractivity contribution in [1.29, 1.82) is 0 Å². The summed E-state index contributed by atoms with van der Waals surface area (Å²) >= 11 is 6.98. The van der Waals surface area contributed by atoms with Gasteiger partial charge in [-0.2, -0.15) is 0 Å². The number of H-pyrrole nitrogens is 2. The quantitative estimate of drug-likeness (QED) is 0.622. The predicted molar refractivity (Wildman–Crippen MR) is 83.8 cm³/mol. The van der Waals surface area contributed by atoms with Crippen molar-refractivity contribution in [2.45, 2.75) is 4.83 Å². The average molecular weight is 400 g/mol. The Kier molecular flexibility index (Phi) is 3.52. The standard InChI is InChI=1S/C14H9Br2FN2O/c15-9-6-12-11(18-14(20)19-12)5-8(9)13(16)7-3-1-2-4-10(7)17/h1-6,13H,(H2,18,19,20). The smallest absolute Gasteiger partial charge is 0.306 e. The monoisotopic (exact) mass is 398 g/mol. The Bertz CT molecular complexity index is 841.